The zero-order chi connectivity index (χ0) is 9.80. The zero-order valence-corrected chi connectivity index (χ0v) is 7.72. The van der Waals surface area contributed by atoms with E-state index < -0.39 is 0 Å². The molecule has 2 rings (SSSR count). The number of aliphatic hydroxyl groups is 1. The molecule has 1 heterocycles. The minimum Gasteiger partial charge on any atom is -0.392 e. The Bertz CT molecular complexity index is 412. The van der Waals surface area contributed by atoms with Crippen LogP contribution in [0.4, 0.5) is 0 Å². The van der Waals surface area contributed by atoms with Gasteiger partial charge >= 0.3 is 0 Å². The summed E-state index contributed by atoms with van der Waals surface area (Å²) in [6.07, 6.45) is 3.51. The van der Waals surface area contributed by atoms with Crippen molar-refractivity contribution in [1.82, 2.24) is 4.98 Å². The Morgan fingerprint density at radius 3 is 2.43 bits per heavy atom. The molecule has 2 heteroatoms. The maximum Gasteiger partial charge on any atom is 0.0687 e. The summed E-state index contributed by atoms with van der Waals surface area (Å²) in [5, 5.41) is 9.16. The van der Waals surface area contributed by atoms with E-state index in [2.05, 4.69) is 4.98 Å². The van der Waals surface area contributed by atoms with Crippen LogP contribution in [0.15, 0.2) is 48.8 Å². The molecule has 70 valence electrons. The van der Waals surface area contributed by atoms with E-state index in [9.17, 15) is 0 Å². The molecule has 0 saturated heterocycles. The maximum atomic E-state index is 9.16. The fraction of sp³-hybridized carbons (Fsp3) is 0.0833. The van der Waals surface area contributed by atoms with Gasteiger partial charge in [-0.2, -0.15) is 0 Å². The number of hydrogen-bond donors (Lipinski definition) is 1. The fourth-order valence-electron chi connectivity index (χ4n) is 1.47. The summed E-state index contributed by atoms with van der Waals surface area (Å²) in [6.45, 7) is 0.0680. The van der Waals surface area contributed by atoms with Crippen LogP contribution < -0.4 is 0 Å². The molecule has 0 fully saturated rings. The van der Waals surface area contributed by atoms with E-state index in [0.717, 1.165) is 16.7 Å². The summed E-state index contributed by atoms with van der Waals surface area (Å²) in [4.78, 5) is 3.96. The van der Waals surface area contributed by atoms with Crippen LogP contribution in [0.3, 0.4) is 0 Å². The van der Waals surface area contributed by atoms with Gasteiger partial charge < -0.3 is 5.11 Å². The molecule has 0 radical (unpaired) electrons. The van der Waals surface area contributed by atoms with Crippen molar-refractivity contribution in [3.8, 4) is 11.1 Å². The van der Waals surface area contributed by atoms with E-state index in [4.69, 9.17) is 5.11 Å². The third-order valence-corrected chi connectivity index (χ3v) is 2.18. The number of pyridine rings is 1. The van der Waals surface area contributed by atoms with Crippen molar-refractivity contribution < 1.29 is 5.11 Å². The first-order valence-electron chi connectivity index (χ1n) is 4.51. The normalized spacial score (nSPS) is 10.1. The van der Waals surface area contributed by atoms with E-state index in [0.29, 0.717) is 0 Å². The van der Waals surface area contributed by atoms with Gasteiger partial charge in [-0.25, -0.2) is 0 Å². The molecule has 1 aromatic heterocycles. The second-order valence-electron chi connectivity index (χ2n) is 3.05. The lowest BCUT2D eigenvalue weighted by Crippen LogP contribution is -1.88. The molecule has 0 unspecified atom stereocenters. The molecule has 0 atom stereocenters. The van der Waals surface area contributed by atoms with Gasteiger partial charge in [0.1, 0.15) is 0 Å². The Labute approximate surface area is 82.9 Å². The van der Waals surface area contributed by atoms with E-state index in [1.54, 1.807) is 12.4 Å². The predicted molar refractivity (Wildman–Crippen MR) is 55.6 cm³/mol. The SMILES string of the molecule is OCc1ccccc1-c1ccncc1. The van der Waals surface area contributed by atoms with E-state index in [1.165, 1.54) is 0 Å². The van der Waals surface area contributed by atoms with Gasteiger partial charge in [-0.15, -0.1) is 0 Å². The van der Waals surface area contributed by atoms with Crippen LogP contribution in [0, 0.1) is 0 Å². The van der Waals surface area contributed by atoms with Crippen LogP contribution in [-0.2, 0) is 6.61 Å². The van der Waals surface area contributed by atoms with Crippen molar-refractivity contribution in [3.05, 3.63) is 54.4 Å². The Hall–Kier alpha value is -1.67. The molecular formula is C12H11NO. The highest BCUT2D eigenvalue weighted by molar-refractivity contribution is 5.66. The van der Waals surface area contributed by atoms with E-state index in [1.807, 2.05) is 36.4 Å². The molecule has 0 aliphatic carbocycles. The second-order valence-corrected chi connectivity index (χ2v) is 3.05. The smallest absolute Gasteiger partial charge is 0.0687 e. The molecule has 1 aromatic carbocycles. The van der Waals surface area contributed by atoms with Crippen molar-refractivity contribution in [2.45, 2.75) is 6.61 Å². The molecule has 2 nitrogen and oxygen atoms in total. The summed E-state index contributed by atoms with van der Waals surface area (Å²) in [5.41, 5.74) is 3.10. The lowest BCUT2D eigenvalue weighted by molar-refractivity contribution is 0.282. The van der Waals surface area contributed by atoms with Crippen molar-refractivity contribution in [1.29, 1.82) is 0 Å². The van der Waals surface area contributed by atoms with Crippen LogP contribution in [0.5, 0.6) is 0 Å². The highest BCUT2D eigenvalue weighted by Crippen LogP contribution is 2.22. The number of benzene rings is 1. The Kier molecular flexibility index (Phi) is 2.56. The quantitative estimate of drug-likeness (QED) is 0.778. The first-order valence-corrected chi connectivity index (χ1v) is 4.51. The monoisotopic (exact) mass is 185 g/mol. The Balaban J connectivity index is 2.51. The number of aliphatic hydroxyl groups excluding tert-OH is 1. The molecule has 14 heavy (non-hydrogen) atoms. The summed E-state index contributed by atoms with van der Waals surface area (Å²) in [7, 11) is 0. The first kappa shape index (κ1) is 8.91. The summed E-state index contributed by atoms with van der Waals surface area (Å²) in [6, 6.07) is 11.7. The third-order valence-electron chi connectivity index (χ3n) is 2.18. The van der Waals surface area contributed by atoms with Crippen LogP contribution in [0.1, 0.15) is 5.56 Å². The van der Waals surface area contributed by atoms with E-state index >= 15 is 0 Å². The topological polar surface area (TPSA) is 33.1 Å². The van der Waals surface area contributed by atoms with Crippen LogP contribution >= 0.6 is 0 Å². The molecule has 1 N–H and O–H groups in total. The van der Waals surface area contributed by atoms with Crippen LogP contribution in [0.2, 0.25) is 0 Å². The van der Waals surface area contributed by atoms with Gasteiger partial charge in [-0.3, -0.25) is 4.98 Å². The standard InChI is InChI=1S/C12H11NO/c14-9-11-3-1-2-4-12(11)10-5-7-13-8-6-10/h1-8,14H,9H2. The highest BCUT2D eigenvalue weighted by atomic mass is 16.3. The maximum absolute atomic E-state index is 9.16. The number of nitrogens with zero attached hydrogens (tertiary/aromatic N) is 1. The summed E-state index contributed by atoms with van der Waals surface area (Å²) in [5.74, 6) is 0. The number of hydrogen-bond acceptors (Lipinski definition) is 2. The lowest BCUT2D eigenvalue weighted by atomic mass is 10.0. The minimum absolute atomic E-state index is 0.0680. The average molecular weight is 185 g/mol. The van der Waals surface area contributed by atoms with Crippen molar-refractivity contribution >= 4 is 0 Å². The average Bonchev–Trinajstić information content (AvgIpc) is 2.30. The van der Waals surface area contributed by atoms with Crippen LogP contribution in [0.25, 0.3) is 11.1 Å². The molecule has 0 aliphatic heterocycles. The highest BCUT2D eigenvalue weighted by Gasteiger charge is 2.01. The third kappa shape index (κ3) is 1.65. The van der Waals surface area contributed by atoms with Crippen molar-refractivity contribution in [3.63, 3.8) is 0 Å². The van der Waals surface area contributed by atoms with Crippen LogP contribution in [-0.4, -0.2) is 10.1 Å². The zero-order valence-electron chi connectivity index (χ0n) is 7.72. The molecule has 0 saturated carbocycles. The molecule has 0 bridgehead atoms. The van der Waals surface area contributed by atoms with Gasteiger partial charge in [0, 0.05) is 12.4 Å². The molecule has 0 aliphatic rings. The van der Waals surface area contributed by atoms with E-state index in [-0.39, 0.29) is 6.61 Å². The molecule has 0 amide bonds. The fourth-order valence-corrected chi connectivity index (χ4v) is 1.47. The van der Waals surface area contributed by atoms with Crippen molar-refractivity contribution in [2.75, 3.05) is 0 Å². The first-order chi connectivity index (χ1) is 6.92. The van der Waals surface area contributed by atoms with Gasteiger partial charge in [0.2, 0.25) is 0 Å². The minimum atomic E-state index is 0.0680. The van der Waals surface area contributed by atoms with Gasteiger partial charge in [0.05, 0.1) is 6.61 Å². The summed E-state index contributed by atoms with van der Waals surface area (Å²) >= 11 is 0. The number of rotatable bonds is 2. The predicted octanol–water partition coefficient (Wildman–Crippen LogP) is 2.24. The van der Waals surface area contributed by atoms with Gasteiger partial charge in [-0.1, -0.05) is 24.3 Å². The Morgan fingerprint density at radius 2 is 1.71 bits per heavy atom. The molecule has 2 aromatic rings. The van der Waals surface area contributed by atoms with Gasteiger partial charge in [0.25, 0.3) is 0 Å². The molecular weight excluding hydrogens is 174 g/mol. The second kappa shape index (κ2) is 4.03. The van der Waals surface area contributed by atoms with Crippen molar-refractivity contribution in [2.24, 2.45) is 0 Å². The van der Waals surface area contributed by atoms with Gasteiger partial charge in [0.15, 0.2) is 0 Å². The Morgan fingerprint density at radius 1 is 1.00 bits per heavy atom. The largest absolute Gasteiger partial charge is 0.392 e. The lowest BCUT2D eigenvalue weighted by Gasteiger charge is -2.06. The molecule has 0 spiro atoms. The van der Waals surface area contributed by atoms with Gasteiger partial charge in [-0.05, 0) is 28.8 Å². The summed E-state index contributed by atoms with van der Waals surface area (Å²) < 4.78 is 0. The number of aromatic nitrogens is 1.